The van der Waals surface area contributed by atoms with E-state index in [0.717, 1.165) is 56.4 Å². The molecule has 0 aliphatic carbocycles. The van der Waals surface area contributed by atoms with Gasteiger partial charge in [-0.1, -0.05) is 37.1 Å². The van der Waals surface area contributed by atoms with Crippen molar-refractivity contribution in [1.29, 1.82) is 0 Å². The molecule has 6 nitrogen and oxygen atoms in total. The molecule has 0 unspecified atom stereocenters. The number of hydrogen-bond acceptors (Lipinski definition) is 4. The minimum Gasteiger partial charge on any atom is -0.504 e. The van der Waals surface area contributed by atoms with E-state index < -0.39 is 0 Å². The molecule has 0 aliphatic heterocycles. The Morgan fingerprint density at radius 2 is 1.56 bits per heavy atom. The molecule has 0 heterocycles. The first-order valence-electron chi connectivity index (χ1n) is 9.46. The molecule has 2 amide bonds. The molecule has 0 bridgehead atoms. The van der Waals surface area contributed by atoms with Crippen LogP contribution in [0.4, 0.5) is 10.5 Å². The smallest absolute Gasteiger partial charge is 0.319 e. The molecule has 146 valence electrons. The van der Waals surface area contributed by atoms with Crippen molar-refractivity contribution in [1.82, 2.24) is 10.6 Å². The molecular weight excluding hydrogens is 342 g/mol. The number of amides is 2. The van der Waals surface area contributed by atoms with E-state index in [0.29, 0.717) is 6.54 Å². The summed E-state index contributed by atoms with van der Waals surface area (Å²) in [7, 11) is 0. The van der Waals surface area contributed by atoms with Crippen LogP contribution >= 0.6 is 0 Å². The number of phenols is 2. The number of rotatable bonds is 11. The average Bonchev–Trinajstić information content (AvgIpc) is 2.67. The van der Waals surface area contributed by atoms with E-state index in [1.807, 2.05) is 36.4 Å². The zero-order chi connectivity index (χ0) is 19.3. The van der Waals surface area contributed by atoms with E-state index in [9.17, 15) is 15.0 Å². The van der Waals surface area contributed by atoms with E-state index >= 15 is 0 Å². The fourth-order valence-electron chi connectivity index (χ4n) is 2.71. The van der Waals surface area contributed by atoms with Crippen molar-refractivity contribution in [3.63, 3.8) is 0 Å². The zero-order valence-electron chi connectivity index (χ0n) is 15.6. The van der Waals surface area contributed by atoms with Crippen molar-refractivity contribution >= 4 is 11.7 Å². The Labute approximate surface area is 160 Å². The Morgan fingerprint density at radius 3 is 2.30 bits per heavy atom. The van der Waals surface area contributed by atoms with Gasteiger partial charge in [-0.05, 0) is 62.2 Å². The molecule has 0 radical (unpaired) electrons. The van der Waals surface area contributed by atoms with Crippen LogP contribution in [0, 0.1) is 0 Å². The van der Waals surface area contributed by atoms with Gasteiger partial charge in [0, 0.05) is 12.2 Å². The third-order valence-electron chi connectivity index (χ3n) is 4.23. The summed E-state index contributed by atoms with van der Waals surface area (Å²) < 4.78 is 0. The maximum atomic E-state index is 11.7. The summed E-state index contributed by atoms with van der Waals surface area (Å²) in [6.07, 6.45) is 5.08. The van der Waals surface area contributed by atoms with E-state index in [4.69, 9.17) is 0 Å². The highest BCUT2D eigenvalue weighted by Gasteiger charge is 2.01. The number of para-hydroxylation sites is 1. The first-order chi connectivity index (χ1) is 13.1. The highest BCUT2D eigenvalue weighted by atomic mass is 16.3. The minimum absolute atomic E-state index is 0.0708. The molecule has 2 aromatic rings. The van der Waals surface area contributed by atoms with Crippen molar-refractivity contribution in [3.8, 4) is 11.5 Å². The predicted molar refractivity (Wildman–Crippen MR) is 108 cm³/mol. The van der Waals surface area contributed by atoms with Gasteiger partial charge >= 0.3 is 6.03 Å². The number of aromatic hydroxyl groups is 2. The fourth-order valence-corrected chi connectivity index (χ4v) is 2.71. The standard InChI is InChI=1S/C21H29N3O3/c25-19-11-10-17(16-20(19)26)12-15-22-13-6-1-2-7-14-23-21(27)24-18-8-4-3-5-9-18/h3-5,8-11,16,22,25-26H,1-2,6-7,12-15H2,(H2,23,24,27). The van der Waals surface area contributed by atoms with Crippen molar-refractivity contribution < 1.29 is 15.0 Å². The number of benzene rings is 2. The highest BCUT2D eigenvalue weighted by molar-refractivity contribution is 5.89. The lowest BCUT2D eigenvalue weighted by atomic mass is 10.1. The monoisotopic (exact) mass is 371 g/mol. The molecule has 27 heavy (non-hydrogen) atoms. The Balaban J connectivity index is 1.41. The van der Waals surface area contributed by atoms with Gasteiger partial charge in [0.05, 0.1) is 0 Å². The van der Waals surface area contributed by atoms with Crippen LogP contribution in [0.5, 0.6) is 11.5 Å². The third-order valence-corrected chi connectivity index (χ3v) is 4.23. The highest BCUT2D eigenvalue weighted by Crippen LogP contribution is 2.24. The number of hydrogen-bond donors (Lipinski definition) is 5. The van der Waals surface area contributed by atoms with Crippen molar-refractivity contribution in [2.45, 2.75) is 32.1 Å². The topological polar surface area (TPSA) is 93.6 Å². The SMILES string of the molecule is O=C(NCCCCCCNCCc1ccc(O)c(O)c1)Nc1ccccc1. The molecule has 0 fully saturated rings. The Bertz CT molecular complexity index is 692. The van der Waals surface area contributed by atoms with Gasteiger partial charge in [-0.2, -0.15) is 0 Å². The van der Waals surface area contributed by atoms with E-state index in [1.54, 1.807) is 6.07 Å². The summed E-state index contributed by atoms with van der Waals surface area (Å²) in [6, 6.07) is 14.2. The molecule has 0 aromatic heterocycles. The average molecular weight is 371 g/mol. The lowest BCUT2D eigenvalue weighted by molar-refractivity contribution is 0.252. The van der Waals surface area contributed by atoms with Crippen molar-refractivity contribution in [2.75, 3.05) is 25.0 Å². The van der Waals surface area contributed by atoms with Crippen LogP contribution in [0.1, 0.15) is 31.2 Å². The molecule has 5 N–H and O–H groups in total. The Kier molecular flexibility index (Phi) is 9.00. The lowest BCUT2D eigenvalue weighted by Gasteiger charge is -2.08. The maximum Gasteiger partial charge on any atom is 0.319 e. The Morgan fingerprint density at radius 1 is 0.815 bits per heavy atom. The van der Waals surface area contributed by atoms with Crippen LogP contribution in [0.2, 0.25) is 0 Å². The van der Waals surface area contributed by atoms with Crippen LogP contribution in [0.25, 0.3) is 0 Å². The summed E-state index contributed by atoms with van der Waals surface area (Å²) in [4.78, 5) is 11.7. The van der Waals surface area contributed by atoms with Gasteiger partial charge in [0.1, 0.15) is 0 Å². The molecule has 2 aromatic carbocycles. The van der Waals surface area contributed by atoms with Gasteiger partial charge in [0.15, 0.2) is 11.5 Å². The zero-order valence-corrected chi connectivity index (χ0v) is 15.6. The summed E-state index contributed by atoms with van der Waals surface area (Å²) in [6.45, 7) is 2.47. The minimum atomic E-state index is -0.164. The van der Waals surface area contributed by atoms with E-state index in [1.165, 1.54) is 6.07 Å². The lowest BCUT2D eigenvalue weighted by Crippen LogP contribution is -2.29. The van der Waals surface area contributed by atoms with Gasteiger partial charge in [0.25, 0.3) is 0 Å². The first-order valence-corrected chi connectivity index (χ1v) is 9.46. The van der Waals surface area contributed by atoms with Crippen LogP contribution in [0.15, 0.2) is 48.5 Å². The number of carbonyl (C=O) groups is 1. The largest absolute Gasteiger partial charge is 0.504 e. The molecule has 2 rings (SSSR count). The second-order valence-electron chi connectivity index (χ2n) is 6.48. The molecule has 6 heteroatoms. The third kappa shape index (κ3) is 8.46. The number of urea groups is 1. The van der Waals surface area contributed by atoms with E-state index in [2.05, 4.69) is 16.0 Å². The first kappa shape index (κ1) is 20.6. The number of nitrogens with one attached hydrogen (secondary N) is 3. The number of carbonyl (C=O) groups excluding carboxylic acids is 1. The second-order valence-corrected chi connectivity index (χ2v) is 6.48. The van der Waals surface area contributed by atoms with Gasteiger partial charge in [0.2, 0.25) is 0 Å². The van der Waals surface area contributed by atoms with Crippen molar-refractivity contribution in [2.24, 2.45) is 0 Å². The van der Waals surface area contributed by atoms with Crippen LogP contribution in [-0.4, -0.2) is 35.9 Å². The molecular formula is C21H29N3O3. The van der Waals surface area contributed by atoms with Gasteiger partial charge in [-0.25, -0.2) is 4.79 Å². The molecule has 0 aliphatic rings. The van der Waals surface area contributed by atoms with Crippen molar-refractivity contribution in [3.05, 3.63) is 54.1 Å². The van der Waals surface area contributed by atoms with Crippen LogP contribution in [-0.2, 0) is 6.42 Å². The normalized spacial score (nSPS) is 10.5. The van der Waals surface area contributed by atoms with Crippen LogP contribution < -0.4 is 16.0 Å². The quantitative estimate of drug-likeness (QED) is 0.308. The number of unbranched alkanes of at least 4 members (excludes halogenated alkanes) is 3. The second kappa shape index (κ2) is 11.8. The number of phenolic OH excluding ortho intramolecular Hbond substituents is 2. The maximum absolute atomic E-state index is 11.7. The molecule has 0 saturated carbocycles. The molecule has 0 spiro atoms. The summed E-state index contributed by atoms with van der Waals surface area (Å²) in [5.41, 5.74) is 1.79. The molecule has 0 atom stereocenters. The summed E-state index contributed by atoms with van der Waals surface area (Å²) >= 11 is 0. The van der Waals surface area contributed by atoms with Gasteiger partial charge < -0.3 is 26.2 Å². The van der Waals surface area contributed by atoms with Gasteiger partial charge in [-0.15, -0.1) is 0 Å². The Hall–Kier alpha value is -2.73. The summed E-state index contributed by atoms with van der Waals surface area (Å²) in [5.74, 6) is -0.155. The van der Waals surface area contributed by atoms with Crippen LogP contribution in [0.3, 0.4) is 0 Å². The van der Waals surface area contributed by atoms with Gasteiger partial charge in [-0.3, -0.25) is 0 Å². The number of anilines is 1. The summed E-state index contributed by atoms with van der Waals surface area (Å²) in [5, 5.41) is 27.8. The van der Waals surface area contributed by atoms with E-state index in [-0.39, 0.29) is 17.5 Å². The predicted octanol–water partition coefficient (Wildman–Crippen LogP) is 3.61. The molecule has 0 saturated heterocycles. The fraction of sp³-hybridized carbons (Fsp3) is 0.381.